The van der Waals surface area contributed by atoms with Crippen LogP contribution >= 0.6 is 0 Å². The van der Waals surface area contributed by atoms with Crippen molar-refractivity contribution in [1.82, 2.24) is 25.6 Å². The molecular weight excluding hydrogens is 391 g/mol. The third kappa shape index (κ3) is 3.53. The first-order valence-electron chi connectivity index (χ1n) is 9.78. The van der Waals surface area contributed by atoms with E-state index in [1.165, 1.54) is 6.07 Å². The number of halogens is 3. The number of benzene rings is 2. The SMILES string of the molecule is CCC(CC)c1nc2ccc(C(F)(F)F)cc2c(-c2ccccc2)c1-c1nnn[nH]1. The van der Waals surface area contributed by atoms with E-state index in [4.69, 9.17) is 4.98 Å². The van der Waals surface area contributed by atoms with Gasteiger partial charge in [0, 0.05) is 16.9 Å². The van der Waals surface area contributed by atoms with E-state index in [1.807, 2.05) is 30.3 Å². The fourth-order valence-electron chi connectivity index (χ4n) is 3.84. The smallest absolute Gasteiger partial charge is 0.252 e. The lowest BCUT2D eigenvalue weighted by Gasteiger charge is -2.21. The van der Waals surface area contributed by atoms with Crippen LogP contribution in [0.4, 0.5) is 13.2 Å². The maximum absolute atomic E-state index is 13.5. The normalized spacial score (nSPS) is 12.1. The topological polar surface area (TPSA) is 67.3 Å². The minimum Gasteiger partial charge on any atom is -0.252 e. The maximum atomic E-state index is 13.5. The summed E-state index contributed by atoms with van der Waals surface area (Å²) in [4.78, 5) is 4.80. The summed E-state index contributed by atoms with van der Waals surface area (Å²) in [5.74, 6) is 0.502. The van der Waals surface area contributed by atoms with E-state index >= 15 is 0 Å². The van der Waals surface area contributed by atoms with E-state index in [9.17, 15) is 13.2 Å². The molecule has 5 nitrogen and oxygen atoms in total. The van der Waals surface area contributed by atoms with Gasteiger partial charge in [-0.3, -0.25) is 4.98 Å². The van der Waals surface area contributed by atoms with Crippen LogP contribution in [0.2, 0.25) is 0 Å². The predicted octanol–water partition coefficient (Wildman–Crippen LogP) is 6.00. The summed E-state index contributed by atoms with van der Waals surface area (Å²) >= 11 is 0. The second-order valence-electron chi connectivity index (χ2n) is 7.11. The van der Waals surface area contributed by atoms with Gasteiger partial charge >= 0.3 is 6.18 Å². The molecule has 4 rings (SSSR count). The zero-order valence-electron chi connectivity index (χ0n) is 16.5. The van der Waals surface area contributed by atoms with Gasteiger partial charge in [0.1, 0.15) is 0 Å². The van der Waals surface area contributed by atoms with Gasteiger partial charge in [0.15, 0.2) is 5.82 Å². The number of nitrogens with one attached hydrogen (secondary N) is 1. The maximum Gasteiger partial charge on any atom is 0.416 e. The van der Waals surface area contributed by atoms with Crippen molar-refractivity contribution in [2.45, 2.75) is 38.8 Å². The van der Waals surface area contributed by atoms with E-state index in [-0.39, 0.29) is 5.92 Å². The van der Waals surface area contributed by atoms with Gasteiger partial charge in [0.2, 0.25) is 0 Å². The average Bonchev–Trinajstić information content (AvgIpc) is 3.27. The quantitative estimate of drug-likeness (QED) is 0.437. The number of H-pyrrole nitrogens is 1. The van der Waals surface area contributed by atoms with E-state index in [0.29, 0.717) is 27.9 Å². The second kappa shape index (κ2) is 7.85. The van der Waals surface area contributed by atoms with Gasteiger partial charge in [-0.15, -0.1) is 5.10 Å². The summed E-state index contributed by atoms with van der Waals surface area (Å²) in [6, 6.07) is 13.0. The monoisotopic (exact) mass is 411 g/mol. The van der Waals surface area contributed by atoms with Crippen molar-refractivity contribution in [2.24, 2.45) is 0 Å². The van der Waals surface area contributed by atoms with Gasteiger partial charge in [0.25, 0.3) is 0 Å². The summed E-state index contributed by atoms with van der Waals surface area (Å²) in [6.07, 6.45) is -2.79. The van der Waals surface area contributed by atoms with Crippen molar-refractivity contribution < 1.29 is 13.2 Å². The number of hydrogen-bond donors (Lipinski definition) is 1. The number of pyridine rings is 1. The average molecular weight is 411 g/mol. The van der Waals surface area contributed by atoms with Crippen LogP contribution in [0.5, 0.6) is 0 Å². The van der Waals surface area contributed by atoms with Crippen LogP contribution in [0, 0.1) is 0 Å². The Morgan fingerprint density at radius 1 is 0.967 bits per heavy atom. The Bertz CT molecular complexity index is 1150. The lowest BCUT2D eigenvalue weighted by atomic mass is 9.87. The molecule has 0 aliphatic carbocycles. The van der Waals surface area contributed by atoms with Crippen LogP contribution in [0.15, 0.2) is 48.5 Å². The first-order chi connectivity index (χ1) is 14.4. The molecule has 30 heavy (non-hydrogen) atoms. The summed E-state index contributed by atoms with van der Waals surface area (Å²) in [5.41, 5.74) is 2.65. The van der Waals surface area contributed by atoms with Crippen LogP contribution in [0.25, 0.3) is 33.4 Å². The van der Waals surface area contributed by atoms with Crippen LogP contribution < -0.4 is 0 Å². The number of aromatic amines is 1. The highest BCUT2D eigenvalue weighted by Gasteiger charge is 2.32. The third-order valence-electron chi connectivity index (χ3n) is 5.36. The second-order valence-corrected chi connectivity index (χ2v) is 7.11. The predicted molar refractivity (Wildman–Crippen MR) is 109 cm³/mol. The molecule has 0 atom stereocenters. The van der Waals surface area contributed by atoms with Crippen molar-refractivity contribution in [2.75, 3.05) is 0 Å². The molecule has 0 unspecified atom stereocenters. The highest BCUT2D eigenvalue weighted by Crippen LogP contribution is 2.43. The number of rotatable bonds is 5. The third-order valence-corrected chi connectivity index (χ3v) is 5.36. The number of nitrogens with zero attached hydrogens (tertiary/aromatic N) is 4. The number of fused-ring (bicyclic) bond motifs is 1. The molecule has 0 fully saturated rings. The Balaban J connectivity index is 2.17. The van der Waals surface area contributed by atoms with Crippen molar-refractivity contribution in [3.05, 3.63) is 59.8 Å². The summed E-state index contributed by atoms with van der Waals surface area (Å²) in [6.45, 7) is 4.13. The first kappa shape index (κ1) is 20.0. The zero-order valence-corrected chi connectivity index (χ0v) is 16.5. The molecule has 0 bridgehead atoms. The molecule has 0 radical (unpaired) electrons. The fraction of sp³-hybridized carbons (Fsp3) is 0.273. The van der Waals surface area contributed by atoms with Crippen molar-refractivity contribution in [3.8, 4) is 22.5 Å². The van der Waals surface area contributed by atoms with Crippen molar-refractivity contribution in [1.29, 1.82) is 0 Å². The molecular formula is C22H20F3N5. The summed E-state index contributed by atoms with van der Waals surface area (Å²) in [5, 5.41) is 14.7. The zero-order chi connectivity index (χ0) is 21.3. The number of alkyl halides is 3. The molecule has 0 saturated heterocycles. The van der Waals surface area contributed by atoms with Crippen LogP contribution in [-0.4, -0.2) is 25.6 Å². The van der Waals surface area contributed by atoms with Gasteiger partial charge in [0.05, 0.1) is 22.3 Å². The van der Waals surface area contributed by atoms with Crippen LogP contribution in [0.1, 0.15) is 43.9 Å². The largest absolute Gasteiger partial charge is 0.416 e. The molecule has 4 aromatic rings. The number of aromatic nitrogens is 5. The summed E-state index contributed by atoms with van der Waals surface area (Å²) < 4.78 is 40.4. The lowest BCUT2D eigenvalue weighted by Crippen LogP contribution is -2.08. The van der Waals surface area contributed by atoms with Gasteiger partial charge in [-0.05, 0) is 47.0 Å². The Morgan fingerprint density at radius 2 is 1.70 bits per heavy atom. The molecule has 154 valence electrons. The molecule has 2 aromatic carbocycles. The number of tetrazole rings is 1. The molecule has 0 spiro atoms. The fourth-order valence-corrected chi connectivity index (χ4v) is 3.84. The van der Waals surface area contributed by atoms with Crippen LogP contribution in [0.3, 0.4) is 0 Å². The molecule has 2 heterocycles. The molecule has 8 heteroatoms. The Kier molecular flexibility index (Phi) is 5.24. The Morgan fingerprint density at radius 3 is 2.30 bits per heavy atom. The molecule has 0 aliphatic heterocycles. The standard InChI is InChI=1S/C22H20F3N5/c1-3-13(4-2)20-19(21-27-29-30-28-21)18(14-8-6-5-7-9-14)16-12-15(22(23,24)25)10-11-17(16)26-20/h5-13H,3-4H2,1-2H3,(H,27,28,29,30). The van der Waals surface area contributed by atoms with Crippen LogP contribution in [-0.2, 0) is 6.18 Å². The molecule has 0 aliphatic rings. The highest BCUT2D eigenvalue weighted by molar-refractivity contribution is 6.02. The lowest BCUT2D eigenvalue weighted by molar-refractivity contribution is -0.137. The summed E-state index contributed by atoms with van der Waals surface area (Å²) in [7, 11) is 0. The van der Waals surface area contributed by atoms with Gasteiger partial charge < -0.3 is 0 Å². The minimum atomic E-state index is -4.45. The molecule has 0 amide bonds. The van der Waals surface area contributed by atoms with E-state index in [2.05, 4.69) is 34.5 Å². The van der Waals surface area contributed by atoms with Crippen molar-refractivity contribution in [3.63, 3.8) is 0 Å². The minimum absolute atomic E-state index is 0.110. The van der Waals surface area contributed by atoms with E-state index < -0.39 is 11.7 Å². The van der Waals surface area contributed by atoms with E-state index in [0.717, 1.165) is 36.2 Å². The van der Waals surface area contributed by atoms with Gasteiger partial charge in [-0.1, -0.05) is 44.2 Å². The Hall–Kier alpha value is -3.29. The van der Waals surface area contributed by atoms with E-state index in [1.54, 1.807) is 0 Å². The number of hydrogen-bond acceptors (Lipinski definition) is 4. The van der Waals surface area contributed by atoms with Gasteiger partial charge in [-0.25, -0.2) is 5.10 Å². The van der Waals surface area contributed by atoms with Gasteiger partial charge in [-0.2, -0.15) is 13.2 Å². The molecule has 1 N–H and O–H groups in total. The van der Waals surface area contributed by atoms with Crippen molar-refractivity contribution >= 4 is 10.9 Å². The molecule has 2 aromatic heterocycles. The first-order valence-corrected chi connectivity index (χ1v) is 9.78. The highest BCUT2D eigenvalue weighted by atomic mass is 19.4. The Labute approximate surface area is 171 Å². The molecule has 0 saturated carbocycles.